The van der Waals surface area contributed by atoms with Gasteiger partial charge in [0.15, 0.2) is 12.4 Å². The summed E-state index contributed by atoms with van der Waals surface area (Å²) in [4.78, 5) is 81.1. The van der Waals surface area contributed by atoms with Crippen LogP contribution in [0.1, 0.15) is 85.8 Å². The molecule has 3 saturated carbocycles. The summed E-state index contributed by atoms with van der Waals surface area (Å²) in [6.45, 7) is 10.6. The van der Waals surface area contributed by atoms with Gasteiger partial charge in [-0.3, -0.25) is 14.4 Å². The van der Waals surface area contributed by atoms with Crippen LogP contribution in [0.25, 0.3) is 0 Å². The van der Waals surface area contributed by atoms with Gasteiger partial charge in [0.05, 0.1) is 48.3 Å². The van der Waals surface area contributed by atoms with Crippen LogP contribution in [0.5, 0.6) is 0 Å². The first-order chi connectivity index (χ1) is 26.1. The van der Waals surface area contributed by atoms with Gasteiger partial charge in [0.1, 0.15) is 17.7 Å². The number of fused-ring (bicyclic) bond motifs is 3. The topological polar surface area (TPSA) is 247 Å². The van der Waals surface area contributed by atoms with Gasteiger partial charge in [0.2, 0.25) is 11.9 Å². The number of aliphatic hydroxyl groups excluding tert-OH is 3. The van der Waals surface area contributed by atoms with Crippen molar-refractivity contribution >= 4 is 35.6 Å². The number of ether oxygens (including phenoxy) is 5. The number of amides is 1. The molecule has 1 spiro atoms. The van der Waals surface area contributed by atoms with Crippen LogP contribution in [0.2, 0.25) is 0 Å². The number of esters is 3. The van der Waals surface area contributed by atoms with Crippen molar-refractivity contribution in [1.82, 2.24) is 5.32 Å². The molecular weight excluding hydrogens is 732 g/mol. The molecule has 5 rings (SSSR count). The van der Waals surface area contributed by atoms with Crippen LogP contribution < -0.4 is 11.1 Å². The number of ketones is 2. The average Bonchev–Trinajstić information content (AvgIpc) is 3.39. The highest BCUT2D eigenvalue weighted by molar-refractivity contribution is 6.39. The van der Waals surface area contributed by atoms with Crippen molar-refractivity contribution in [2.75, 3.05) is 19.8 Å². The number of rotatable bonds is 10. The minimum absolute atomic E-state index is 0.0287. The highest BCUT2D eigenvalue weighted by atomic mass is 16.6. The van der Waals surface area contributed by atoms with Crippen LogP contribution in [0, 0.1) is 34.0 Å². The van der Waals surface area contributed by atoms with Gasteiger partial charge in [-0.15, -0.1) is 0 Å². The summed E-state index contributed by atoms with van der Waals surface area (Å²) < 4.78 is 28.2. The lowest BCUT2D eigenvalue weighted by molar-refractivity contribution is -0.222. The van der Waals surface area contributed by atoms with Gasteiger partial charge in [0.25, 0.3) is 0 Å². The monoisotopic (exact) mass is 788 g/mol. The molecule has 56 heavy (non-hydrogen) atoms. The van der Waals surface area contributed by atoms with E-state index >= 15 is 0 Å². The van der Waals surface area contributed by atoms with Crippen LogP contribution in [-0.2, 0) is 47.7 Å². The van der Waals surface area contributed by atoms with Crippen molar-refractivity contribution in [3.8, 4) is 0 Å². The van der Waals surface area contributed by atoms with E-state index in [4.69, 9.17) is 29.4 Å². The Balaban J connectivity index is 1.54. The molecular formula is C40H56N2O14. The number of nitrogens with one attached hydrogen (secondary N) is 1. The first kappa shape index (κ1) is 43.2. The Morgan fingerprint density at radius 3 is 2.27 bits per heavy atom. The molecule has 0 aromatic heterocycles. The average molecular weight is 789 g/mol. The molecule has 1 heterocycles. The van der Waals surface area contributed by atoms with Gasteiger partial charge < -0.3 is 50.1 Å². The third kappa shape index (κ3) is 7.82. The molecule has 12 atom stereocenters. The second-order valence-corrected chi connectivity index (χ2v) is 17.4. The maximum absolute atomic E-state index is 14.5. The lowest BCUT2D eigenvalue weighted by Gasteiger charge is -2.58. The van der Waals surface area contributed by atoms with Crippen LogP contribution in [0.4, 0.5) is 4.79 Å². The SMILES string of the molecule is CC1C(OC(=O)C(OC(=O)COC(=O)CCN)C(NC(=O)OC(C)(C)C)c2ccccc2)CC2C(O)C34COC(CC(O)C3(C)C(=O)C(=O)CC1C2(C)C)C4O. The van der Waals surface area contributed by atoms with Gasteiger partial charge >= 0.3 is 24.0 Å². The fourth-order valence-electron chi connectivity index (χ4n) is 9.57. The molecule has 0 radical (unpaired) electrons. The lowest BCUT2D eigenvalue weighted by atomic mass is 9.47. The summed E-state index contributed by atoms with van der Waals surface area (Å²) >= 11 is 0. The van der Waals surface area contributed by atoms with E-state index in [0.29, 0.717) is 5.56 Å². The molecule has 3 aliphatic carbocycles. The number of nitrogens with two attached hydrogens (primary N) is 1. The number of hydrogen-bond acceptors (Lipinski definition) is 15. The minimum atomic E-state index is -1.89. The number of carbonyl (C=O) groups is 6. The van der Waals surface area contributed by atoms with E-state index in [1.807, 2.05) is 13.8 Å². The van der Waals surface area contributed by atoms with E-state index < -0.39 is 124 Å². The second kappa shape index (κ2) is 16.1. The van der Waals surface area contributed by atoms with E-state index in [2.05, 4.69) is 5.32 Å². The molecule has 4 fully saturated rings. The van der Waals surface area contributed by atoms with Gasteiger partial charge in [0, 0.05) is 19.4 Å². The van der Waals surface area contributed by atoms with Crippen LogP contribution in [-0.4, -0.2) is 113 Å². The largest absolute Gasteiger partial charge is 0.459 e. The number of alkyl carbamates (subject to hydrolysis) is 1. The molecule has 16 nitrogen and oxygen atoms in total. The number of carbonyl (C=O) groups excluding carboxylic acids is 6. The zero-order valence-corrected chi connectivity index (χ0v) is 33.0. The summed E-state index contributed by atoms with van der Waals surface area (Å²) in [5.41, 5.74) is 0.236. The van der Waals surface area contributed by atoms with E-state index in [1.54, 1.807) is 58.0 Å². The summed E-state index contributed by atoms with van der Waals surface area (Å²) in [5.74, 6) is -6.84. The Morgan fingerprint density at radius 2 is 1.64 bits per heavy atom. The zero-order valence-electron chi connectivity index (χ0n) is 33.0. The lowest BCUT2D eigenvalue weighted by Crippen LogP contribution is -2.70. The first-order valence-electron chi connectivity index (χ1n) is 19.1. The van der Waals surface area contributed by atoms with Gasteiger partial charge in [-0.05, 0) is 62.8 Å². The predicted molar refractivity (Wildman–Crippen MR) is 195 cm³/mol. The summed E-state index contributed by atoms with van der Waals surface area (Å²) in [6, 6.07) is 6.76. The van der Waals surface area contributed by atoms with E-state index in [-0.39, 0.29) is 38.8 Å². The Bertz CT molecular complexity index is 1680. The van der Waals surface area contributed by atoms with Crippen molar-refractivity contribution in [2.45, 2.75) is 122 Å². The van der Waals surface area contributed by atoms with E-state index in [0.717, 1.165) is 0 Å². The smallest absolute Gasteiger partial charge is 0.408 e. The molecule has 4 bridgehead atoms. The van der Waals surface area contributed by atoms with E-state index in [1.165, 1.54) is 6.92 Å². The number of Topliss-reactive ketones (excluding diaryl/α,β-unsaturated/α-hetero) is 2. The molecule has 1 saturated heterocycles. The van der Waals surface area contributed by atoms with Crippen molar-refractivity contribution in [3.05, 3.63) is 35.9 Å². The van der Waals surface area contributed by atoms with Gasteiger partial charge in [-0.2, -0.15) is 0 Å². The van der Waals surface area contributed by atoms with Crippen LogP contribution in [0.3, 0.4) is 0 Å². The highest BCUT2D eigenvalue weighted by Crippen LogP contribution is 2.64. The van der Waals surface area contributed by atoms with Crippen molar-refractivity contribution < 1.29 is 67.8 Å². The molecule has 1 aromatic carbocycles. The molecule has 1 amide bonds. The van der Waals surface area contributed by atoms with Gasteiger partial charge in [-0.1, -0.05) is 51.1 Å². The standard InChI is InChI=1S/C40H56N2O14/c1-20-22-15-24(43)33(48)39(7)27(44)17-26-34(49)40(39,19-53-26)32(47)23(38(22,5)6)16-25(20)54-35(50)31(55-29(46)18-52-28(45)13-14-41)30(21-11-9-8-10-12-21)42-36(51)56-37(2,3)4/h8-12,20,22-23,25-27,30-32,34,44,47,49H,13-19,41H2,1-7H3,(H,42,51). The maximum Gasteiger partial charge on any atom is 0.408 e. The highest BCUT2D eigenvalue weighted by Gasteiger charge is 2.75. The molecule has 4 aliphatic rings. The molecule has 12 unspecified atom stereocenters. The molecule has 16 heteroatoms. The predicted octanol–water partition coefficient (Wildman–Crippen LogP) is 1.69. The second-order valence-electron chi connectivity index (χ2n) is 17.4. The Kier molecular flexibility index (Phi) is 12.4. The third-order valence-electron chi connectivity index (χ3n) is 12.8. The summed E-state index contributed by atoms with van der Waals surface area (Å²) in [6.07, 6.45) is -9.70. The number of hydrogen-bond donors (Lipinski definition) is 5. The fraction of sp³-hybridized carbons (Fsp3) is 0.700. The van der Waals surface area contributed by atoms with Crippen molar-refractivity contribution in [1.29, 1.82) is 0 Å². The quantitative estimate of drug-likeness (QED) is 0.129. The minimum Gasteiger partial charge on any atom is -0.459 e. The Hall–Kier alpha value is -3.96. The first-order valence-corrected chi connectivity index (χ1v) is 19.1. The summed E-state index contributed by atoms with van der Waals surface area (Å²) in [5, 5.41) is 38.2. The van der Waals surface area contributed by atoms with Crippen molar-refractivity contribution in [2.24, 2.45) is 39.7 Å². The number of benzene rings is 1. The normalized spacial score (nSPS) is 34.7. The Morgan fingerprint density at radius 1 is 0.982 bits per heavy atom. The number of aliphatic hydroxyl groups is 3. The fourth-order valence-corrected chi connectivity index (χ4v) is 9.57. The van der Waals surface area contributed by atoms with Crippen molar-refractivity contribution in [3.63, 3.8) is 0 Å². The van der Waals surface area contributed by atoms with Crippen LogP contribution >= 0.6 is 0 Å². The molecule has 310 valence electrons. The third-order valence-corrected chi connectivity index (χ3v) is 12.8. The molecule has 1 aliphatic heterocycles. The molecule has 6 N–H and O–H groups in total. The van der Waals surface area contributed by atoms with Crippen LogP contribution in [0.15, 0.2) is 30.3 Å². The van der Waals surface area contributed by atoms with E-state index in [9.17, 15) is 44.1 Å². The summed E-state index contributed by atoms with van der Waals surface area (Å²) in [7, 11) is 0. The Labute approximate surface area is 326 Å². The zero-order chi connectivity index (χ0) is 41.5. The maximum atomic E-state index is 14.5. The molecule has 1 aromatic rings. The van der Waals surface area contributed by atoms with Gasteiger partial charge in [-0.25, -0.2) is 14.4 Å².